The zero-order valence-electron chi connectivity index (χ0n) is 9.36. The number of likely N-dealkylation sites (N-methyl/N-ethyl adjacent to an activating group) is 1. The van der Waals surface area contributed by atoms with Crippen LogP contribution >= 0.6 is 0 Å². The maximum atomic E-state index is 11.6. The van der Waals surface area contributed by atoms with Crippen molar-refractivity contribution in [1.82, 2.24) is 10.2 Å². The maximum Gasteiger partial charge on any atom is 0.324 e. The second-order valence-corrected chi connectivity index (χ2v) is 3.90. The summed E-state index contributed by atoms with van der Waals surface area (Å²) in [7, 11) is 1.62. The fourth-order valence-electron chi connectivity index (χ4n) is 1.87. The first-order chi connectivity index (χ1) is 7.63. The molecule has 1 saturated heterocycles. The van der Waals surface area contributed by atoms with Gasteiger partial charge in [0.2, 0.25) is 0 Å². The Morgan fingerprint density at radius 1 is 1.25 bits per heavy atom. The fourth-order valence-corrected chi connectivity index (χ4v) is 1.87. The molecule has 0 saturated carbocycles. The van der Waals surface area contributed by atoms with Gasteiger partial charge in [-0.2, -0.15) is 0 Å². The molecule has 1 fully saturated rings. The molecule has 84 valence electrons. The lowest BCUT2D eigenvalue weighted by atomic mass is 10.0. The number of imide groups is 1. The van der Waals surface area contributed by atoms with Gasteiger partial charge in [-0.1, -0.05) is 31.2 Å². The quantitative estimate of drug-likeness (QED) is 0.764. The lowest BCUT2D eigenvalue weighted by Gasteiger charge is -2.16. The van der Waals surface area contributed by atoms with Gasteiger partial charge in [-0.3, -0.25) is 10.1 Å². The van der Waals surface area contributed by atoms with E-state index in [0.29, 0.717) is 0 Å². The largest absolute Gasteiger partial charge is 0.324 e. The SMILES string of the molecule is CCc1ccc(C2C(=O)NC(=O)N2C)cc1. The molecule has 2 rings (SSSR count). The summed E-state index contributed by atoms with van der Waals surface area (Å²) in [6, 6.07) is 6.95. The fraction of sp³-hybridized carbons (Fsp3) is 0.333. The number of benzene rings is 1. The Morgan fingerprint density at radius 3 is 2.31 bits per heavy atom. The average Bonchev–Trinajstić information content (AvgIpc) is 2.54. The van der Waals surface area contributed by atoms with Crippen LogP contribution in [-0.2, 0) is 11.2 Å². The molecule has 1 heterocycles. The third-order valence-corrected chi connectivity index (χ3v) is 2.89. The Morgan fingerprint density at radius 2 is 1.88 bits per heavy atom. The van der Waals surface area contributed by atoms with E-state index >= 15 is 0 Å². The van der Waals surface area contributed by atoms with E-state index in [2.05, 4.69) is 12.2 Å². The van der Waals surface area contributed by atoms with Crippen molar-refractivity contribution in [3.05, 3.63) is 35.4 Å². The van der Waals surface area contributed by atoms with Gasteiger partial charge in [0.25, 0.3) is 5.91 Å². The van der Waals surface area contributed by atoms with Crippen LogP contribution in [0.1, 0.15) is 24.1 Å². The van der Waals surface area contributed by atoms with Crippen LogP contribution in [0.2, 0.25) is 0 Å². The zero-order chi connectivity index (χ0) is 11.7. The lowest BCUT2D eigenvalue weighted by molar-refractivity contribution is -0.121. The summed E-state index contributed by atoms with van der Waals surface area (Å²) in [4.78, 5) is 24.3. The van der Waals surface area contributed by atoms with Gasteiger partial charge < -0.3 is 4.90 Å². The van der Waals surface area contributed by atoms with Crippen molar-refractivity contribution in [2.75, 3.05) is 7.05 Å². The topological polar surface area (TPSA) is 49.4 Å². The summed E-state index contributed by atoms with van der Waals surface area (Å²) >= 11 is 0. The highest BCUT2D eigenvalue weighted by Gasteiger charge is 2.36. The third kappa shape index (κ3) is 1.66. The summed E-state index contributed by atoms with van der Waals surface area (Å²) < 4.78 is 0. The summed E-state index contributed by atoms with van der Waals surface area (Å²) in [5.41, 5.74) is 2.07. The van der Waals surface area contributed by atoms with Gasteiger partial charge in [0.1, 0.15) is 6.04 Å². The minimum absolute atomic E-state index is 0.253. The van der Waals surface area contributed by atoms with E-state index in [1.165, 1.54) is 10.5 Å². The van der Waals surface area contributed by atoms with E-state index in [0.717, 1.165) is 12.0 Å². The molecule has 1 unspecified atom stereocenters. The highest BCUT2D eigenvalue weighted by Crippen LogP contribution is 2.24. The number of rotatable bonds is 2. The van der Waals surface area contributed by atoms with Crippen molar-refractivity contribution in [1.29, 1.82) is 0 Å². The van der Waals surface area contributed by atoms with Crippen LogP contribution in [0, 0.1) is 0 Å². The highest BCUT2D eigenvalue weighted by molar-refractivity contribution is 6.04. The minimum Gasteiger partial charge on any atom is -0.311 e. The standard InChI is InChI=1S/C12H14N2O2/c1-3-8-4-6-9(7-5-8)10-11(15)13-12(16)14(10)2/h4-7,10H,3H2,1-2H3,(H,13,15,16). The summed E-state index contributed by atoms with van der Waals surface area (Å²) in [5, 5.41) is 2.29. The van der Waals surface area contributed by atoms with E-state index in [-0.39, 0.29) is 11.9 Å². The van der Waals surface area contributed by atoms with Gasteiger partial charge in [-0.15, -0.1) is 0 Å². The highest BCUT2D eigenvalue weighted by atomic mass is 16.2. The summed E-state index contributed by atoms with van der Waals surface area (Å²) in [5.74, 6) is -0.253. The van der Waals surface area contributed by atoms with E-state index in [1.807, 2.05) is 24.3 Å². The van der Waals surface area contributed by atoms with Gasteiger partial charge in [-0.25, -0.2) is 4.79 Å². The van der Waals surface area contributed by atoms with Crippen LogP contribution in [0.5, 0.6) is 0 Å². The van der Waals surface area contributed by atoms with Gasteiger partial charge in [-0.05, 0) is 17.5 Å². The molecular weight excluding hydrogens is 204 g/mol. The molecule has 4 nitrogen and oxygen atoms in total. The van der Waals surface area contributed by atoms with Crippen molar-refractivity contribution in [3.8, 4) is 0 Å². The van der Waals surface area contributed by atoms with Crippen LogP contribution < -0.4 is 5.32 Å². The van der Waals surface area contributed by atoms with Crippen molar-refractivity contribution in [3.63, 3.8) is 0 Å². The van der Waals surface area contributed by atoms with Gasteiger partial charge in [0.05, 0.1) is 0 Å². The number of amides is 3. The summed E-state index contributed by atoms with van der Waals surface area (Å²) in [6.45, 7) is 2.08. The molecule has 1 aromatic rings. The lowest BCUT2D eigenvalue weighted by Crippen LogP contribution is -2.25. The number of hydrogen-bond acceptors (Lipinski definition) is 2. The first-order valence-corrected chi connectivity index (χ1v) is 5.30. The monoisotopic (exact) mass is 218 g/mol. The van der Waals surface area contributed by atoms with Crippen molar-refractivity contribution < 1.29 is 9.59 Å². The second-order valence-electron chi connectivity index (χ2n) is 3.90. The van der Waals surface area contributed by atoms with Crippen LogP contribution in [0.25, 0.3) is 0 Å². The van der Waals surface area contributed by atoms with E-state index in [9.17, 15) is 9.59 Å². The van der Waals surface area contributed by atoms with E-state index in [1.54, 1.807) is 7.05 Å². The number of hydrogen-bond donors (Lipinski definition) is 1. The van der Waals surface area contributed by atoms with Crippen LogP contribution in [0.3, 0.4) is 0 Å². The number of nitrogens with zero attached hydrogens (tertiary/aromatic N) is 1. The van der Waals surface area contributed by atoms with Crippen LogP contribution in [0.4, 0.5) is 4.79 Å². The molecule has 16 heavy (non-hydrogen) atoms. The Balaban J connectivity index is 2.29. The molecule has 0 radical (unpaired) electrons. The Kier molecular flexibility index (Phi) is 2.64. The molecule has 0 aromatic heterocycles. The molecular formula is C12H14N2O2. The Bertz CT molecular complexity index is 425. The average molecular weight is 218 g/mol. The van der Waals surface area contributed by atoms with Crippen LogP contribution in [0.15, 0.2) is 24.3 Å². The second kappa shape index (κ2) is 3.96. The van der Waals surface area contributed by atoms with Gasteiger partial charge in [0.15, 0.2) is 0 Å². The molecule has 0 bridgehead atoms. The van der Waals surface area contributed by atoms with Crippen molar-refractivity contribution in [2.45, 2.75) is 19.4 Å². The minimum atomic E-state index is -0.488. The third-order valence-electron chi connectivity index (χ3n) is 2.89. The molecule has 1 N–H and O–H groups in total. The number of carbonyl (C=O) groups excluding carboxylic acids is 2. The molecule has 0 spiro atoms. The van der Waals surface area contributed by atoms with Gasteiger partial charge in [0, 0.05) is 7.05 Å². The first kappa shape index (κ1) is 10.7. The molecule has 1 aliphatic heterocycles. The maximum absolute atomic E-state index is 11.6. The molecule has 1 aromatic carbocycles. The smallest absolute Gasteiger partial charge is 0.311 e. The van der Waals surface area contributed by atoms with E-state index in [4.69, 9.17) is 0 Å². The number of carbonyl (C=O) groups is 2. The molecule has 3 amide bonds. The molecule has 4 heteroatoms. The Labute approximate surface area is 94.2 Å². The molecule has 0 aliphatic carbocycles. The first-order valence-electron chi connectivity index (χ1n) is 5.30. The molecule has 1 aliphatic rings. The predicted octanol–water partition coefficient (Wildman–Crippen LogP) is 1.47. The zero-order valence-corrected chi connectivity index (χ0v) is 9.36. The summed E-state index contributed by atoms with van der Waals surface area (Å²) in [6.07, 6.45) is 0.964. The van der Waals surface area contributed by atoms with E-state index < -0.39 is 6.04 Å². The number of aryl methyl sites for hydroxylation is 1. The van der Waals surface area contributed by atoms with Crippen LogP contribution in [-0.4, -0.2) is 23.9 Å². The normalized spacial score (nSPS) is 20.1. The predicted molar refractivity (Wildman–Crippen MR) is 59.9 cm³/mol. The Hall–Kier alpha value is -1.84. The number of nitrogens with one attached hydrogen (secondary N) is 1. The number of urea groups is 1. The molecule has 1 atom stereocenters. The van der Waals surface area contributed by atoms with Crippen molar-refractivity contribution >= 4 is 11.9 Å². The van der Waals surface area contributed by atoms with Crippen molar-refractivity contribution in [2.24, 2.45) is 0 Å². The van der Waals surface area contributed by atoms with Gasteiger partial charge >= 0.3 is 6.03 Å².